The van der Waals surface area contributed by atoms with Crippen molar-refractivity contribution in [3.63, 3.8) is 0 Å². The first-order valence-electron chi connectivity index (χ1n) is 3.92. The molecule has 0 unspecified atom stereocenters. The number of rotatable bonds is 2. The first-order valence-corrected chi connectivity index (χ1v) is 5.67. The second-order valence-electron chi connectivity index (χ2n) is 2.73. The lowest BCUT2D eigenvalue weighted by Crippen LogP contribution is -1.95. The summed E-state index contributed by atoms with van der Waals surface area (Å²) in [6.07, 6.45) is 0. The Kier molecular flexibility index (Phi) is 2.35. The van der Waals surface area contributed by atoms with Crippen LogP contribution in [-0.4, -0.2) is 16.1 Å². The Morgan fingerprint density at radius 2 is 2.29 bits per heavy atom. The van der Waals surface area contributed by atoms with E-state index in [-0.39, 0.29) is 5.69 Å². The molecule has 0 saturated carbocycles. The van der Waals surface area contributed by atoms with Crippen LogP contribution in [0.2, 0.25) is 0 Å². The summed E-state index contributed by atoms with van der Waals surface area (Å²) in [5.41, 5.74) is 1.16. The van der Waals surface area contributed by atoms with Gasteiger partial charge in [-0.25, -0.2) is 9.78 Å². The molecule has 0 fully saturated rings. The maximum atomic E-state index is 10.6. The number of carbonyl (C=O) groups is 1. The lowest BCUT2D eigenvalue weighted by molar-refractivity contribution is 0.0691. The third-order valence-electron chi connectivity index (χ3n) is 1.81. The summed E-state index contributed by atoms with van der Waals surface area (Å²) in [6, 6.07) is 1.96. The predicted octanol–water partition coefficient (Wildman–Crippen LogP) is 2.88. The Hall–Kier alpha value is -1.20. The lowest BCUT2D eigenvalue weighted by atomic mass is 10.3. The smallest absolute Gasteiger partial charge is 0.355 e. The molecule has 3 nitrogen and oxygen atoms in total. The van der Waals surface area contributed by atoms with Crippen molar-refractivity contribution in [2.24, 2.45) is 0 Å². The summed E-state index contributed by atoms with van der Waals surface area (Å²) in [6.45, 7) is 2.00. The van der Waals surface area contributed by atoms with Gasteiger partial charge in [0.2, 0.25) is 0 Å². The minimum Gasteiger partial charge on any atom is -0.476 e. The van der Waals surface area contributed by atoms with Crippen molar-refractivity contribution in [1.29, 1.82) is 0 Å². The van der Waals surface area contributed by atoms with Gasteiger partial charge in [0.15, 0.2) is 5.69 Å². The fourth-order valence-electron chi connectivity index (χ4n) is 1.10. The first-order chi connectivity index (χ1) is 6.68. The quantitative estimate of drug-likeness (QED) is 0.855. The zero-order valence-corrected chi connectivity index (χ0v) is 8.98. The number of nitrogens with zero attached hydrogens (tertiary/aromatic N) is 1. The van der Waals surface area contributed by atoms with Gasteiger partial charge in [-0.15, -0.1) is 22.7 Å². The van der Waals surface area contributed by atoms with Gasteiger partial charge in [0.25, 0.3) is 0 Å². The van der Waals surface area contributed by atoms with E-state index >= 15 is 0 Å². The molecule has 0 radical (unpaired) electrons. The molecule has 0 amide bonds. The summed E-state index contributed by atoms with van der Waals surface area (Å²) in [7, 11) is 0. The number of carboxylic acid groups (broad SMARTS) is 1. The van der Waals surface area contributed by atoms with E-state index in [1.54, 1.807) is 16.7 Å². The van der Waals surface area contributed by atoms with Crippen LogP contribution in [0.5, 0.6) is 0 Å². The Balaban J connectivity index is 2.43. The molecule has 0 spiro atoms. The second kappa shape index (κ2) is 3.51. The van der Waals surface area contributed by atoms with Crippen molar-refractivity contribution >= 4 is 28.6 Å². The molecule has 0 aliphatic rings. The monoisotopic (exact) mass is 225 g/mol. The van der Waals surface area contributed by atoms with Crippen LogP contribution >= 0.6 is 22.7 Å². The van der Waals surface area contributed by atoms with Gasteiger partial charge in [-0.3, -0.25) is 0 Å². The normalized spacial score (nSPS) is 10.4. The number of aromatic nitrogens is 1. The zero-order chi connectivity index (χ0) is 10.1. The number of thiazole rings is 1. The molecule has 1 N–H and O–H groups in total. The summed E-state index contributed by atoms with van der Waals surface area (Å²) in [5.74, 6) is -0.972. The third-order valence-corrected chi connectivity index (χ3v) is 3.53. The summed E-state index contributed by atoms with van der Waals surface area (Å²) in [4.78, 5) is 15.8. The molecule has 0 atom stereocenters. The predicted molar refractivity (Wildman–Crippen MR) is 57.1 cm³/mol. The fraction of sp³-hybridized carbons (Fsp3) is 0.111. The van der Waals surface area contributed by atoms with E-state index in [1.165, 1.54) is 11.3 Å². The minimum absolute atomic E-state index is 0.121. The Bertz CT molecular complexity index is 473. The number of aromatic carboxylic acids is 1. The van der Waals surface area contributed by atoms with Crippen molar-refractivity contribution in [2.45, 2.75) is 6.92 Å². The third kappa shape index (κ3) is 1.56. The van der Waals surface area contributed by atoms with Gasteiger partial charge >= 0.3 is 5.97 Å². The molecule has 72 valence electrons. The van der Waals surface area contributed by atoms with E-state index in [2.05, 4.69) is 4.98 Å². The van der Waals surface area contributed by atoms with Crippen LogP contribution in [0.25, 0.3) is 10.6 Å². The topological polar surface area (TPSA) is 50.2 Å². The van der Waals surface area contributed by atoms with Crippen LogP contribution in [0, 0.1) is 6.92 Å². The molecular weight excluding hydrogens is 218 g/mol. The van der Waals surface area contributed by atoms with E-state index in [0.29, 0.717) is 0 Å². The SMILES string of the molecule is Cc1sccc1-c1nc(C(=O)O)cs1. The highest BCUT2D eigenvalue weighted by molar-refractivity contribution is 7.14. The molecule has 14 heavy (non-hydrogen) atoms. The first kappa shape index (κ1) is 9.36. The van der Waals surface area contributed by atoms with Crippen LogP contribution in [0.15, 0.2) is 16.8 Å². The van der Waals surface area contributed by atoms with Crippen molar-refractivity contribution in [1.82, 2.24) is 4.98 Å². The molecule has 2 rings (SSSR count). The fourth-order valence-corrected chi connectivity index (χ4v) is 2.74. The standard InChI is InChI=1S/C9H7NO2S2/c1-5-6(2-3-13-5)8-10-7(4-14-8)9(11)12/h2-4H,1H3,(H,11,12). The molecule has 2 aromatic heterocycles. The van der Waals surface area contributed by atoms with Gasteiger partial charge in [0.05, 0.1) is 0 Å². The van der Waals surface area contributed by atoms with Gasteiger partial charge < -0.3 is 5.11 Å². The molecule has 0 bridgehead atoms. The Morgan fingerprint density at radius 3 is 2.79 bits per heavy atom. The highest BCUT2D eigenvalue weighted by atomic mass is 32.1. The van der Waals surface area contributed by atoms with E-state index in [9.17, 15) is 4.79 Å². The maximum Gasteiger partial charge on any atom is 0.355 e. The molecule has 2 aromatic rings. The number of hydrogen-bond acceptors (Lipinski definition) is 4. The second-order valence-corrected chi connectivity index (χ2v) is 4.71. The maximum absolute atomic E-state index is 10.6. The summed E-state index contributed by atoms with van der Waals surface area (Å²) < 4.78 is 0. The molecule has 5 heteroatoms. The van der Waals surface area contributed by atoms with Crippen molar-refractivity contribution in [3.8, 4) is 10.6 Å². The molecule has 0 aliphatic heterocycles. The van der Waals surface area contributed by atoms with Gasteiger partial charge in [0, 0.05) is 15.8 Å². The number of carboxylic acids is 1. The minimum atomic E-state index is -0.972. The zero-order valence-electron chi connectivity index (χ0n) is 7.35. The molecule has 0 saturated heterocycles. The van der Waals surface area contributed by atoms with Crippen LogP contribution in [-0.2, 0) is 0 Å². The van der Waals surface area contributed by atoms with Crippen LogP contribution in [0.1, 0.15) is 15.4 Å². The highest BCUT2D eigenvalue weighted by Gasteiger charge is 2.11. The van der Waals surface area contributed by atoms with Gasteiger partial charge in [-0.05, 0) is 18.4 Å². The number of hydrogen-bond donors (Lipinski definition) is 1. The van der Waals surface area contributed by atoms with E-state index in [0.717, 1.165) is 15.4 Å². The van der Waals surface area contributed by atoms with Crippen LogP contribution in [0.4, 0.5) is 0 Å². The van der Waals surface area contributed by atoms with E-state index in [1.807, 2.05) is 18.4 Å². The largest absolute Gasteiger partial charge is 0.476 e. The van der Waals surface area contributed by atoms with Crippen LogP contribution in [0.3, 0.4) is 0 Å². The lowest BCUT2D eigenvalue weighted by Gasteiger charge is -1.91. The van der Waals surface area contributed by atoms with Gasteiger partial charge in [-0.2, -0.15) is 0 Å². The van der Waals surface area contributed by atoms with Crippen molar-refractivity contribution < 1.29 is 9.90 Å². The molecule has 0 aromatic carbocycles. The number of aryl methyl sites for hydroxylation is 1. The molecule has 2 heterocycles. The molecule has 0 aliphatic carbocycles. The van der Waals surface area contributed by atoms with Gasteiger partial charge in [-0.1, -0.05) is 0 Å². The Morgan fingerprint density at radius 1 is 1.50 bits per heavy atom. The van der Waals surface area contributed by atoms with Crippen molar-refractivity contribution in [3.05, 3.63) is 27.4 Å². The average molecular weight is 225 g/mol. The summed E-state index contributed by atoms with van der Waals surface area (Å²) >= 11 is 3.00. The average Bonchev–Trinajstić information content (AvgIpc) is 2.71. The highest BCUT2D eigenvalue weighted by Crippen LogP contribution is 2.29. The van der Waals surface area contributed by atoms with E-state index in [4.69, 9.17) is 5.11 Å². The van der Waals surface area contributed by atoms with Crippen LogP contribution < -0.4 is 0 Å². The van der Waals surface area contributed by atoms with E-state index < -0.39 is 5.97 Å². The summed E-state index contributed by atoms with van der Waals surface area (Å²) in [5, 5.41) is 13.0. The van der Waals surface area contributed by atoms with Gasteiger partial charge in [0.1, 0.15) is 5.01 Å². The molecular formula is C9H7NO2S2. The Labute approximate surface area is 88.7 Å². The number of thiophene rings is 1. The van der Waals surface area contributed by atoms with Crippen molar-refractivity contribution in [2.75, 3.05) is 0 Å².